The molecule has 1 N–H and O–H groups in total. The molecule has 0 aliphatic carbocycles. The molecule has 0 aliphatic rings. The van der Waals surface area contributed by atoms with Crippen LogP contribution < -0.4 is 10.1 Å². The van der Waals surface area contributed by atoms with Crippen LogP contribution in [0, 0.1) is 13.8 Å². The van der Waals surface area contributed by atoms with E-state index in [1.54, 1.807) is 25.1 Å². The number of benzene rings is 1. The van der Waals surface area contributed by atoms with Crippen LogP contribution in [0.5, 0.6) is 5.75 Å². The number of carbonyl (C=O) groups is 2. The van der Waals surface area contributed by atoms with Crippen LogP contribution in [0.25, 0.3) is 0 Å². The molecule has 1 heterocycles. The SMILES string of the molecule is Cc1cccc(NC(=O)COc2ccc(C)nc2C=O)c1. The summed E-state index contributed by atoms with van der Waals surface area (Å²) in [6.45, 7) is 3.54. The average Bonchev–Trinajstić information content (AvgIpc) is 2.45. The third-order valence-corrected chi connectivity index (χ3v) is 2.80. The van der Waals surface area contributed by atoms with E-state index in [1.165, 1.54) is 0 Å². The standard InChI is InChI=1S/C16H16N2O3/c1-11-4-3-5-13(8-11)18-16(20)10-21-15-7-6-12(2)17-14(15)9-19/h3-9H,10H2,1-2H3,(H,18,20). The number of rotatable bonds is 5. The fraction of sp³-hybridized carbons (Fsp3) is 0.188. The number of pyridine rings is 1. The van der Waals surface area contributed by atoms with Gasteiger partial charge in [-0.2, -0.15) is 0 Å². The van der Waals surface area contributed by atoms with Crippen molar-refractivity contribution in [2.75, 3.05) is 11.9 Å². The molecule has 1 aromatic heterocycles. The zero-order valence-electron chi connectivity index (χ0n) is 11.9. The van der Waals surface area contributed by atoms with E-state index in [0.717, 1.165) is 5.56 Å². The van der Waals surface area contributed by atoms with Gasteiger partial charge in [-0.1, -0.05) is 12.1 Å². The molecular formula is C16H16N2O3. The second-order valence-corrected chi connectivity index (χ2v) is 4.66. The first-order chi connectivity index (χ1) is 10.1. The van der Waals surface area contributed by atoms with Gasteiger partial charge in [0.1, 0.15) is 11.4 Å². The Kier molecular flexibility index (Phi) is 4.66. The lowest BCUT2D eigenvalue weighted by Gasteiger charge is -2.09. The maximum absolute atomic E-state index is 11.8. The van der Waals surface area contributed by atoms with Gasteiger partial charge in [-0.3, -0.25) is 9.59 Å². The highest BCUT2D eigenvalue weighted by Gasteiger charge is 2.08. The highest BCUT2D eigenvalue weighted by molar-refractivity contribution is 5.92. The Labute approximate surface area is 123 Å². The summed E-state index contributed by atoms with van der Waals surface area (Å²) in [4.78, 5) is 26.8. The summed E-state index contributed by atoms with van der Waals surface area (Å²) in [5, 5.41) is 2.73. The minimum absolute atomic E-state index is 0.181. The van der Waals surface area contributed by atoms with Crippen LogP contribution in [0.2, 0.25) is 0 Å². The predicted octanol–water partition coefficient (Wildman–Crippen LogP) is 2.53. The van der Waals surface area contributed by atoms with Crippen molar-refractivity contribution in [3.63, 3.8) is 0 Å². The van der Waals surface area contributed by atoms with E-state index in [0.29, 0.717) is 23.4 Å². The molecule has 2 aromatic rings. The van der Waals surface area contributed by atoms with Crippen molar-refractivity contribution >= 4 is 17.9 Å². The number of carbonyl (C=O) groups excluding carboxylic acids is 2. The van der Waals surface area contributed by atoms with Gasteiger partial charge >= 0.3 is 0 Å². The van der Waals surface area contributed by atoms with Crippen molar-refractivity contribution in [2.24, 2.45) is 0 Å². The van der Waals surface area contributed by atoms with Crippen LogP contribution in [0.1, 0.15) is 21.7 Å². The molecule has 0 radical (unpaired) electrons. The maximum Gasteiger partial charge on any atom is 0.262 e. The fourth-order valence-corrected chi connectivity index (χ4v) is 1.83. The summed E-state index contributed by atoms with van der Waals surface area (Å²) in [7, 11) is 0. The normalized spacial score (nSPS) is 10.0. The minimum Gasteiger partial charge on any atom is -0.481 e. The van der Waals surface area contributed by atoms with E-state index in [9.17, 15) is 9.59 Å². The van der Waals surface area contributed by atoms with E-state index in [2.05, 4.69) is 10.3 Å². The zero-order valence-corrected chi connectivity index (χ0v) is 11.9. The van der Waals surface area contributed by atoms with Crippen LogP contribution in [0.15, 0.2) is 36.4 Å². The Morgan fingerprint density at radius 3 is 2.81 bits per heavy atom. The quantitative estimate of drug-likeness (QED) is 0.857. The van der Waals surface area contributed by atoms with Crippen LogP contribution in [0.4, 0.5) is 5.69 Å². The molecule has 0 aliphatic heterocycles. The molecule has 0 unspecified atom stereocenters. The van der Waals surface area contributed by atoms with Crippen molar-refractivity contribution in [1.29, 1.82) is 0 Å². The summed E-state index contributed by atoms with van der Waals surface area (Å²) in [6, 6.07) is 10.8. The van der Waals surface area contributed by atoms with Gasteiger partial charge in [0.05, 0.1) is 0 Å². The number of aldehydes is 1. The monoisotopic (exact) mass is 284 g/mol. The van der Waals surface area contributed by atoms with Crippen molar-refractivity contribution < 1.29 is 14.3 Å². The van der Waals surface area contributed by atoms with Crippen molar-refractivity contribution in [3.8, 4) is 5.75 Å². The second kappa shape index (κ2) is 6.65. The van der Waals surface area contributed by atoms with Gasteiger partial charge in [-0.15, -0.1) is 0 Å². The van der Waals surface area contributed by atoms with Gasteiger partial charge in [0.2, 0.25) is 0 Å². The zero-order chi connectivity index (χ0) is 15.2. The highest BCUT2D eigenvalue weighted by atomic mass is 16.5. The molecule has 0 spiro atoms. The molecule has 1 aromatic carbocycles. The maximum atomic E-state index is 11.8. The Balaban J connectivity index is 1.97. The average molecular weight is 284 g/mol. The first-order valence-corrected chi connectivity index (χ1v) is 6.50. The number of nitrogens with one attached hydrogen (secondary N) is 1. The smallest absolute Gasteiger partial charge is 0.262 e. The molecule has 21 heavy (non-hydrogen) atoms. The molecular weight excluding hydrogens is 268 g/mol. The molecule has 0 fully saturated rings. The molecule has 0 saturated heterocycles. The molecule has 1 amide bonds. The first-order valence-electron chi connectivity index (χ1n) is 6.50. The Bertz CT molecular complexity index is 668. The van der Waals surface area contributed by atoms with Crippen LogP contribution in [-0.2, 0) is 4.79 Å². The summed E-state index contributed by atoms with van der Waals surface area (Å²) in [5.41, 5.74) is 2.67. The fourth-order valence-electron chi connectivity index (χ4n) is 1.83. The van der Waals surface area contributed by atoms with Gasteiger partial charge in [-0.05, 0) is 43.7 Å². The lowest BCUT2D eigenvalue weighted by atomic mass is 10.2. The summed E-state index contributed by atoms with van der Waals surface area (Å²) in [5.74, 6) is 0.00742. The largest absolute Gasteiger partial charge is 0.481 e. The summed E-state index contributed by atoms with van der Waals surface area (Å²) >= 11 is 0. The summed E-state index contributed by atoms with van der Waals surface area (Å²) in [6.07, 6.45) is 0.612. The highest BCUT2D eigenvalue weighted by Crippen LogP contribution is 2.15. The topological polar surface area (TPSA) is 68.3 Å². The number of nitrogens with zero attached hydrogens (tertiary/aromatic N) is 1. The number of aryl methyl sites for hydroxylation is 2. The molecule has 0 saturated carbocycles. The van der Waals surface area contributed by atoms with E-state index in [1.807, 2.05) is 25.1 Å². The number of hydrogen-bond acceptors (Lipinski definition) is 4. The van der Waals surface area contributed by atoms with Gasteiger partial charge in [0.25, 0.3) is 5.91 Å². The van der Waals surface area contributed by atoms with Crippen molar-refractivity contribution in [2.45, 2.75) is 13.8 Å². The van der Waals surface area contributed by atoms with E-state index >= 15 is 0 Å². The van der Waals surface area contributed by atoms with E-state index < -0.39 is 0 Å². The number of hydrogen-bond donors (Lipinski definition) is 1. The third kappa shape index (κ3) is 4.14. The van der Waals surface area contributed by atoms with Gasteiger partial charge < -0.3 is 10.1 Å². The van der Waals surface area contributed by atoms with Crippen LogP contribution >= 0.6 is 0 Å². The molecule has 5 heteroatoms. The van der Waals surface area contributed by atoms with Crippen molar-refractivity contribution in [1.82, 2.24) is 4.98 Å². The number of ether oxygens (including phenoxy) is 1. The molecule has 108 valence electrons. The van der Waals surface area contributed by atoms with Gasteiger partial charge in [0.15, 0.2) is 12.9 Å². The number of amides is 1. The van der Waals surface area contributed by atoms with Gasteiger partial charge in [-0.25, -0.2) is 4.98 Å². The Hall–Kier alpha value is -2.69. The third-order valence-electron chi connectivity index (χ3n) is 2.80. The second-order valence-electron chi connectivity index (χ2n) is 4.66. The lowest BCUT2D eigenvalue weighted by molar-refractivity contribution is -0.118. The van der Waals surface area contributed by atoms with Crippen LogP contribution in [0.3, 0.4) is 0 Å². The summed E-state index contributed by atoms with van der Waals surface area (Å²) < 4.78 is 5.34. The Morgan fingerprint density at radius 1 is 1.29 bits per heavy atom. The molecule has 0 bridgehead atoms. The predicted molar refractivity (Wildman–Crippen MR) is 79.7 cm³/mol. The first kappa shape index (κ1) is 14.7. The number of anilines is 1. The van der Waals surface area contributed by atoms with Crippen molar-refractivity contribution in [3.05, 3.63) is 53.3 Å². The lowest BCUT2D eigenvalue weighted by Crippen LogP contribution is -2.20. The molecule has 0 atom stereocenters. The molecule has 5 nitrogen and oxygen atoms in total. The Morgan fingerprint density at radius 2 is 2.10 bits per heavy atom. The molecule has 2 rings (SSSR count). The minimum atomic E-state index is -0.293. The number of aromatic nitrogens is 1. The van der Waals surface area contributed by atoms with E-state index in [4.69, 9.17) is 4.74 Å². The van der Waals surface area contributed by atoms with E-state index in [-0.39, 0.29) is 18.2 Å². The van der Waals surface area contributed by atoms with Crippen LogP contribution in [-0.4, -0.2) is 23.8 Å². The van der Waals surface area contributed by atoms with Gasteiger partial charge in [0, 0.05) is 11.4 Å².